The van der Waals surface area contributed by atoms with Crippen LogP contribution in [0.25, 0.3) is 0 Å². The lowest BCUT2D eigenvalue weighted by Gasteiger charge is -1.93. The van der Waals surface area contributed by atoms with Crippen molar-refractivity contribution < 1.29 is 4.79 Å². The zero-order chi connectivity index (χ0) is 6.69. The number of hydrogen-bond acceptors (Lipinski definition) is 1. The van der Waals surface area contributed by atoms with Crippen molar-refractivity contribution in [2.45, 2.75) is 25.7 Å². The molecule has 1 rings (SSSR count). The number of nitrogens with two attached hydrogens (primary N) is 1. The topological polar surface area (TPSA) is 43.1 Å². The Hall–Kier alpha value is -0.790. The highest BCUT2D eigenvalue weighted by atomic mass is 16.1. The van der Waals surface area contributed by atoms with Crippen LogP contribution in [0.15, 0.2) is 11.6 Å². The van der Waals surface area contributed by atoms with Gasteiger partial charge in [0.15, 0.2) is 0 Å². The Morgan fingerprint density at radius 3 is 3.00 bits per heavy atom. The van der Waals surface area contributed by atoms with Crippen LogP contribution in [-0.2, 0) is 4.79 Å². The normalized spacial score (nSPS) is 17.6. The Kier molecular flexibility index (Phi) is 1.88. The number of carbonyl (C=O) groups is 1. The smallest absolute Gasteiger partial charge is 0.221 e. The van der Waals surface area contributed by atoms with Gasteiger partial charge in [-0.1, -0.05) is 11.6 Å². The summed E-state index contributed by atoms with van der Waals surface area (Å²) in [7, 11) is 0. The number of rotatable bonds is 2. The summed E-state index contributed by atoms with van der Waals surface area (Å²) in [6.07, 6.45) is 5.99. The minimum absolute atomic E-state index is 0.205. The molecule has 1 amide bonds. The van der Waals surface area contributed by atoms with Gasteiger partial charge >= 0.3 is 0 Å². The van der Waals surface area contributed by atoms with E-state index in [-0.39, 0.29) is 5.91 Å². The van der Waals surface area contributed by atoms with E-state index < -0.39 is 0 Å². The largest absolute Gasteiger partial charge is 0.369 e. The maximum Gasteiger partial charge on any atom is 0.221 e. The molecule has 2 nitrogen and oxygen atoms in total. The molecule has 0 unspecified atom stereocenters. The first kappa shape index (κ1) is 6.33. The standard InChI is InChI=1S/C7H11NO/c8-7(9)5-6-3-1-2-4-6/h3H,1-2,4-5H2,(H2,8,9). The Balaban J connectivity index is 2.35. The molecule has 0 atom stereocenters. The van der Waals surface area contributed by atoms with Crippen LogP contribution in [0.1, 0.15) is 25.7 Å². The van der Waals surface area contributed by atoms with Gasteiger partial charge < -0.3 is 5.73 Å². The number of hydrogen-bond donors (Lipinski definition) is 1. The number of primary amides is 1. The fraction of sp³-hybridized carbons (Fsp3) is 0.571. The number of allylic oxidation sites excluding steroid dienone is 1. The Morgan fingerprint density at radius 1 is 1.78 bits per heavy atom. The molecule has 0 heterocycles. The molecule has 0 aromatic heterocycles. The minimum Gasteiger partial charge on any atom is -0.369 e. The second-order valence-corrected chi connectivity index (χ2v) is 2.40. The van der Waals surface area contributed by atoms with E-state index in [1.165, 1.54) is 12.0 Å². The summed E-state index contributed by atoms with van der Waals surface area (Å²) >= 11 is 0. The van der Waals surface area contributed by atoms with Crippen molar-refractivity contribution in [2.24, 2.45) is 5.73 Å². The summed E-state index contributed by atoms with van der Waals surface area (Å²) in [6.45, 7) is 0. The van der Waals surface area contributed by atoms with Crippen LogP contribution >= 0.6 is 0 Å². The maximum absolute atomic E-state index is 10.3. The highest BCUT2D eigenvalue weighted by Gasteiger charge is 2.05. The Labute approximate surface area is 54.7 Å². The predicted octanol–water partition coefficient (Wildman–Crippen LogP) is 0.972. The first-order valence-electron chi connectivity index (χ1n) is 3.25. The quantitative estimate of drug-likeness (QED) is 0.549. The van der Waals surface area contributed by atoms with Gasteiger partial charge in [-0.05, 0) is 19.3 Å². The zero-order valence-electron chi connectivity index (χ0n) is 5.39. The van der Waals surface area contributed by atoms with E-state index in [1.807, 2.05) is 0 Å². The third-order valence-corrected chi connectivity index (χ3v) is 1.54. The molecule has 0 spiro atoms. The molecular weight excluding hydrogens is 114 g/mol. The van der Waals surface area contributed by atoms with E-state index in [0.717, 1.165) is 12.8 Å². The van der Waals surface area contributed by atoms with Crippen LogP contribution < -0.4 is 5.73 Å². The zero-order valence-corrected chi connectivity index (χ0v) is 5.39. The maximum atomic E-state index is 10.3. The van der Waals surface area contributed by atoms with Gasteiger partial charge in [0.1, 0.15) is 0 Å². The predicted molar refractivity (Wildman–Crippen MR) is 35.7 cm³/mol. The van der Waals surface area contributed by atoms with Crippen LogP contribution in [0.2, 0.25) is 0 Å². The minimum atomic E-state index is -0.205. The molecule has 1 aliphatic carbocycles. The van der Waals surface area contributed by atoms with Gasteiger partial charge in [-0.3, -0.25) is 4.79 Å². The van der Waals surface area contributed by atoms with E-state index >= 15 is 0 Å². The van der Waals surface area contributed by atoms with Crippen molar-refractivity contribution in [3.05, 3.63) is 11.6 Å². The van der Waals surface area contributed by atoms with Gasteiger partial charge in [0.05, 0.1) is 0 Å². The Morgan fingerprint density at radius 2 is 2.56 bits per heavy atom. The van der Waals surface area contributed by atoms with Crippen molar-refractivity contribution in [2.75, 3.05) is 0 Å². The summed E-state index contributed by atoms with van der Waals surface area (Å²) in [5, 5.41) is 0. The molecule has 2 heteroatoms. The van der Waals surface area contributed by atoms with Crippen LogP contribution in [-0.4, -0.2) is 5.91 Å². The molecule has 2 N–H and O–H groups in total. The van der Waals surface area contributed by atoms with E-state index in [2.05, 4.69) is 6.08 Å². The molecule has 0 bridgehead atoms. The van der Waals surface area contributed by atoms with Gasteiger partial charge in [0.2, 0.25) is 5.91 Å². The lowest BCUT2D eigenvalue weighted by Crippen LogP contribution is -2.10. The van der Waals surface area contributed by atoms with Crippen molar-refractivity contribution in [1.29, 1.82) is 0 Å². The fourth-order valence-corrected chi connectivity index (χ4v) is 1.12. The lowest BCUT2D eigenvalue weighted by molar-refractivity contribution is -0.117. The molecule has 0 radical (unpaired) electrons. The summed E-state index contributed by atoms with van der Waals surface area (Å²) in [5.74, 6) is -0.205. The van der Waals surface area contributed by atoms with Crippen LogP contribution in [0, 0.1) is 0 Å². The molecule has 0 saturated carbocycles. The summed E-state index contributed by atoms with van der Waals surface area (Å²) < 4.78 is 0. The first-order chi connectivity index (χ1) is 4.29. The van der Waals surface area contributed by atoms with Gasteiger partial charge in [0, 0.05) is 6.42 Å². The summed E-state index contributed by atoms with van der Waals surface area (Å²) in [4.78, 5) is 10.3. The summed E-state index contributed by atoms with van der Waals surface area (Å²) in [5.41, 5.74) is 6.22. The van der Waals surface area contributed by atoms with Crippen molar-refractivity contribution in [1.82, 2.24) is 0 Å². The van der Waals surface area contributed by atoms with Crippen LogP contribution in [0.4, 0.5) is 0 Å². The molecule has 9 heavy (non-hydrogen) atoms. The van der Waals surface area contributed by atoms with Gasteiger partial charge in [-0.15, -0.1) is 0 Å². The van der Waals surface area contributed by atoms with Gasteiger partial charge in [0.25, 0.3) is 0 Å². The number of carbonyl (C=O) groups excluding carboxylic acids is 1. The first-order valence-corrected chi connectivity index (χ1v) is 3.25. The third kappa shape index (κ3) is 1.88. The molecule has 1 aliphatic rings. The van der Waals surface area contributed by atoms with Crippen molar-refractivity contribution in [3.63, 3.8) is 0 Å². The molecule has 0 aliphatic heterocycles. The molecule has 50 valence electrons. The third-order valence-electron chi connectivity index (χ3n) is 1.54. The molecule has 0 saturated heterocycles. The van der Waals surface area contributed by atoms with Gasteiger partial charge in [-0.25, -0.2) is 0 Å². The number of amides is 1. The van der Waals surface area contributed by atoms with E-state index in [4.69, 9.17) is 5.73 Å². The molecule has 0 aromatic carbocycles. The monoisotopic (exact) mass is 125 g/mol. The van der Waals surface area contributed by atoms with Crippen LogP contribution in [0.3, 0.4) is 0 Å². The van der Waals surface area contributed by atoms with Crippen LogP contribution in [0.5, 0.6) is 0 Å². The second-order valence-electron chi connectivity index (χ2n) is 2.40. The van der Waals surface area contributed by atoms with E-state index in [9.17, 15) is 4.79 Å². The highest BCUT2D eigenvalue weighted by Crippen LogP contribution is 2.19. The summed E-state index contributed by atoms with van der Waals surface area (Å²) in [6, 6.07) is 0. The average Bonchev–Trinajstić information content (AvgIpc) is 2.15. The lowest BCUT2D eigenvalue weighted by atomic mass is 10.2. The van der Waals surface area contributed by atoms with Gasteiger partial charge in [-0.2, -0.15) is 0 Å². The highest BCUT2D eigenvalue weighted by molar-refractivity contribution is 5.76. The van der Waals surface area contributed by atoms with E-state index in [1.54, 1.807) is 0 Å². The van der Waals surface area contributed by atoms with E-state index in [0.29, 0.717) is 6.42 Å². The average molecular weight is 125 g/mol. The molecule has 0 aromatic rings. The fourth-order valence-electron chi connectivity index (χ4n) is 1.12. The second kappa shape index (κ2) is 2.67. The molecule has 0 fully saturated rings. The van der Waals surface area contributed by atoms with Crippen molar-refractivity contribution >= 4 is 5.91 Å². The SMILES string of the molecule is NC(=O)CC1=CCCC1. The molecular formula is C7H11NO. The van der Waals surface area contributed by atoms with Crippen molar-refractivity contribution in [3.8, 4) is 0 Å². The Bertz CT molecular complexity index is 149.